The fraction of sp³-hybridized carbons (Fsp3) is 0.455. The van der Waals surface area contributed by atoms with Gasteiger partial charge in [-0.15, -0.1) is 0 Å². The molecule has 3 aromatic heterocycles. The summed E-state index contributed by atoms with van der Waals surface area (Å²) < 4.78 is 66.0. The van der Waals surface area contributed by atoms with Crippen molar-refractivity contribution in [3.63, 3.8) is 0 Å². The lowest BCUT2D eigenvalue weighted by Crippen LogP contribution is -2.35. The third-order valence-corrected chi connectivity index (χ3v) is 11.6. The molecule has 3 saturated heterocycles. The van der Waals surface area contributed by atoms with Gasteiger partial charge in [0, 0.05) is 0 Å². The summed E-state index contributed by atoms with van der Waals surface area (Å²) in [6, 6.07) is 2.93. The van der Waals surface area contributed by atoms with E-state index in [1.165, 1.54) is 16.7 Å². The highest BCUT2D eigenvalue weighted by atomic mass is 35.5. The number of ether oxygens (including phenoxy) is 2. The maximum atomic E-state index is 16.0. The molecule has 0 saturated carbocycles. The molecule has 10 atom stereocenters. The maximum Gasteiger partial charge on any atom is 0.386 e. The van der Waals surface area contributed by atoms with Crippen LogP contribution in [0.1, 0.15) is 12.5 Å². The number of imidazole rings is 2. The van der Waals surface area contributed by atoms with Gasteiger partial charge in [0.25, 0.3) is 5.56 Å². The van der Waals surface area contributed by atoms with E-state index in [0.29, 0.717) is 11.0 Å². The standard InChI is InChI=1S/C22H20Cl3FN6O10P2S2/c23-7-1-9-10(2-8(7)24)32(22(25)30-9)21-17-15(33)11(39-21)3-37-43(35,45)41-16-12(4-38-44(36,46)42-17)40-20(13(16)26)31-6-29-14-18(31)27-5-28-19(14)34/h1-2,5-6,11-13,15-17,20-21,33H,3-4H2,(H,35,45)(H,36,46)(H,27,28,34)/t11-,12-,13+,15+,16?,17?,20-,21-,43?,44?/m1/s1. The molecule has 16 nitrogen and oxygen atoms in total. The van der Waals surface area contributed by atoms with Crippen LogP contribution in [-0.2, 0) is 43.9 Å². The number of thiol groups is 1. The number of rotatable bonds is 2. The number of aliphatic hydroxyl groups is 1. The van der Waals surface area contributed by atoms with Crippen molar-refractivity contribution >= 4 is 94.6 Å². The van der Waals surface area contributed by atoms with Gasteiger partial charge in [-0.1, -0.05) is 35.5 Å². The first-order valence-corrected chi connectivity index (χ1v) is 19.5. The highest BCUT2D eigenvalue weighted by Crippen LogP contribution is 2.58. The van der Waals surface area contributed by atoms with Gasteiger partial charge in [0.05, 0.1) is 46.9 Å². The molecule has 3 fully saturated rings. The number of aromatic nitrogens is 6. The van der Waals surface area contributed by atoms with Gasteiger partial charge in [0.1, 0.15) is 30.5 Å². The van der Waals surface area contributed by atoms with Crippen molar-refractivity contribution in [2.45, 2.75) is 49.1 Å². The predicted octanol–water partition coefficient (Wildman–Crippen LogP) is 3.70. The van der Waals surface area contributed by atoms with Crippen LogP contribution in [-0.4, -0.2) is 89.0 Å². The average molecular weight is 780 g/mol. The van der Waals surface area contributed by atoms with Gasteiger partial charge in [-0.05, 0) is 35.5 Å². The number of nitrogens with zero attached hydrogens (tertiary/aromatic N) is 5. The molecule has 24 heteroatoms. The van der Waals surface area contributed by atoms with Crippen LogP contribution in [0.4, 0.5) is 4.39 Å². The van der Waals surface area contributed by atoms with Gasteiger partial charge < -0.3 is 29.0 Å². The monoisotopic (exact) mass is 778 g/mol. The van der Waals surface area contributed by atoms with Gasteiger partial charge in [-0.3, -0.25) is 27.5 Å². The van der Waals surface area contributed by atoms with Gasteiger partial charge in [-0.25, -0.2) is 23.9 Å². The van der Waals surface area contributed by atoms with Gasteiger partial charge in [0.15, 0.2) is 29.8 Å². The van der Waals surface area contributed by atoms with Crippen molar-refractivity contribution in [2.24, 2.45) is 0 Å². The van der Waals surface area contributed by atoms with Gasteiger partial charge >= 0.3 is 13.5 Å². The summed E-state index contributed by atoms with van der Waals surface area (Å²) in [4.78, 5) is 37.9. The lowest BCUT2D eigenvalue weighted by Gasteiger charge is -2.28. The highest BCUT2D eigenvalue weighted by molar-refractivity contribution is 8.44. The fourth-order valence-electron chi connectivity index (χ4n) is 5.41. The number of alkyl halides is 1. The van der Waals surface area contributed by atoms with Crippen molar-refractivity contribution in [3.05, 3.63) is 50.5 Å². The van der Waals surface area contributed by atoms with Crippen LogP contribution in [0.3, 0.4) is 0 Å². The van der Waals surface area contributed by atoms with Crippen LogP contribution in [0.15, 0.2) is 29.6 Å². The molecule has 0 radical (unpaired) electrons. The minimum Gasteiger partial charge on any atom is -0.387 e. The zero-order chi connectivity index (χ0) is 32.7. The summed E-state index contributed by atoms with van der Waals surface area (Å²) in [5, 5.41) is 11.5. The Bertz CT molecular complexity index is 2010. The minimum atomic E-state index is -4.42. The quantitative estimate of drug-likeness (QED) is 0.170. The first-order chi connectivity index (χ1) is 21.7. The van der Waals surface area contributed by atoms with E-state index in [4.69, 9.17) is 74.2 Å². The number of fused-ring (bicyclic) bond motifs is 5. The molecule has 0 spiro atoms. The third kappa shape index (κ3) is 5.97. The molecule has 6 heterocycles. The number of aromatic amines is 1. The Kier molecular flexibility index (Phi) is 8.87. The smallest absolute Gasteiger partial charge is 0.386 e. The topological polar surface area (TPSA) is 194 Å². The van der Waals surface area contributed by atoms with Crippen molar-refractivity contribution in [2.75, 3.05) is 13.2 Å². The Morgan fingerprint density at radius 2 is 1.78 bits per heavy atom. The van der Waals surface area contributed by atoms with Gasteiger partial charge in [0.2, 0.25) is 5.28 Å². The Hall–Kier alpha value is -1.25. The van der Waals surface area contributed by atoms with Crippen LogP contribution >= 0.6 is 60.6 Å². The second kappa shape index (κ2) is 12.3. The average Bonchev–Trinajstić information content (AvgIpc) is 3.71. The molecule has 248 valence electrons. The van der Waals surface area contributed by atoms with Crippen LogP contribution in [0.5, 0.6) is 0 Å². The lowest BCUT2D eigenvalue weighted by atomic mass is 10.1. The SMILES string of the molecule is O=c1[nH]cnc2c1ncn2[C@@H]1O[C@@H]2COP(O)(=S)OC3[C@@H](O)[C@@H](COP(=O)(S)OC2[C@@H]1F)O[C@H]3n1c(Cl)nc2cc(Cl)c(Cl)cc21. The molecule has 0 aliphatic carbocycles. The molecule has 0 amide bonds. The van der Waals surface area contributed by atoms with E-state index < -0.39 is 81.4 Å². The second-order valence-corrected chi connectivity index (χ2v) is 17.1. The Morgan fingerprint density at radius 3 is 2.57 bits per heavy atom. The van der Waals surface area contributed by atoms with E-state index in [9.17, 15) is 19.4 Å². The molecule has 4 unspecified atom stereocenters. The molecule has 2 bridgehead atoms. The summed E-state index contributed by atoms with van der Waals surface area (Å²) in [6.45, 7) is -9.96. The molecule has 46 heavy (non-hydrogen) atoms. The molecular formula is C22H20Cl3FN6O10P2S2. The maximum absolute atomic E-state index is 16.0. The molecule has 3 aliphatic rings. The molecular weight excluding hydrogens is 760 g/mol. The Labute approximate surface area is 281 Å². The van der Waals surface area contributed by atoms with Crippen LogP contribution < -0.4 is 5.56 Å². The van der Waals surface area contributed by atoms with Crippen molar-refractivity contribution in [1.82, 2.24) is 29.1 Å². The Balaban J connectivity index is 1.22. The number of benzene rings is 1. The third-order valence-electron chi connectivity index (χ3n) is 7.48. The van der Waals surface area contributed by atoms with Crippen LogP contribution in [0.2, 0.25) is 15.3 Å². The largest absolute Gasteiger partial charge is 0.387 e. The molecule has 4 aromatic rings. The lowest BCUT2D eigenvalue weighted by molar-refractivity contribution is -0.0585. The van der Waals surface area contributed by atoms with E-state index in [2.05, 4.69) is 32.2 Å². The number of nitrogens with one attached hydrogen (secondary N) is 1. The van der Waals surface area contributed by atoms with E-state index >= 15 is 4.39 Å². The molecule has 1 aromatic carbocycles. The molecule has 7 rings (SSSR count). The van der Waals surface area contributed by atoms with Crippen LogP contribution in [0, 0.1) is 0 Å². The number of aliphatic hydroxyl groups excluding tert-OH is 1. The fourth-order valence-corrected chi connectivity index (χ4v) is 8.90. The Morgan fingerprint density at radius 1 is 1.07 bits per heavy atom. The normalized spacial score (nSPS) is 37.2. The zero-order valence-corrected chi connectivity index (χ0v) is 28.3. The summed E-state index contributed by atoms with van der Waals surface area (Å²) in [6.07, 6.45) is -10.0. The van der Waals surface area contributed by atoms with E-state index in [-0.39, 0.29) is 26.5 Å². The van der Waals surface area contributed by atoms with Crippen LogP contribution in [0.25, 0.3) is 22.2 Å². The first kappa shape index (κ1) is 33.3. The van der Waals surface area contributed by atoms with Gasteiger partial charge in [-0.2, -0.15) is 0 Å². The molecule has 3 N–H and O–H groups in total. The van der Waals surface area contributed by atoms with E-state index in [1.54, 1.807) is 0 Å². The number of halogens is 4. The first-order valence-electron chi connectivity index (χ1n) is 13.1. The minimum absolute atomic E-state index is 0.00460. The summed E-state index contributed by atoms with van der Waals surface area (Å²) in [5.74, 6) is 0. The van der Waals surface area contributed by atoms with Crippen molar-refractivity contribution < 1.29 is 46.5 Å². The van der Waals surface area contributed by atoms with E-state index in [1.807, 2.05) is 0 Å². The van der Waals surface area contributed by atoms with Crippen molar-refractivity contribution in [1.29, 1.82) is 0 Å². The van der Waals surface area contributed by atoms with Crippen molar-refractivity contribution in [3.8, 4) is 0 Å². The predicted molar refractivity (Wildman–Crippen MR) is 166 cm³/mol. The highest BCUT2D eigenvalue weighted by Gasteiger charge is 2.53. The summed E-state index contributed by atoms with van der Waals surface area (Å²) in [7, 11) is 0. The van der Waals surface area contributed by atoms with E-state index in [0.717, 1.165) is 17.2 Å². The molecule has 3 aliphatic heterocycles. The zero-order valence-electron chi connectivity index (χ0n) is 22.5. The second-order valence-electron chi connectivity index (χ2n) is 10.3. The summed E-state index contributed by atoms with van der Waals surface area (Å²) >= 11 is 28.1. The number of H-pyrrole nitrogens is 1. The number of hydrogen-bond acceptors (Lipinski definition) is 13. The number of hydrogen-bond donors (Lipinski definition) is 4. The summed E-state index contributed by atoms with van der Waals surface area (Å²) in [5.41, 5.74) is -0.00721.